The Kier molecular flexibility index (Phi) is 3.81. The van der Waals surface area contributed by atoms with Crippen LogP contribution in [0.5, 0.6) is 11.6 Å². The van der Waals surface area contributed by atoms with Crippen LogP contribution in [0.4, 0.5) is 0 Å². The fourth-order valence-corrected chi connectivity index (χ4v) is 2.72. The van der Waals surface area contributed by atoms with Crippen LogP contribution in [-0.2, 0) is 12.8 Å². The van der Waals surface area contributed by atoms with E-state index in [-0.39, 0.29) is 0 Å². The van der Waals surface area contributed by atoms with E-state index in [0.29, 0.717) is 22.2 Å². The summed E-state index contributed by atoms with van der Waals surface area (Å²) in [5.74, 6) is 0.891. The number of rotatable bonds is 2. The summed E-state index contributed by atoms with van der Waals surface area (Å²) >= 11 is 6.15. The third-order valence-corrected chi connectivity index (χ3v) is 3.99. The van der Waals surface area contributed by atoms with Crippen LogP contribution in [0.2, 0.25) is 5.02 Å². The molecule has 0 saturated carbocycles. The largest absolute Gasteiger partial charge is 0.436 e. The normalized spacial score (nSPS) is 13.4. The lowest BCUT2D eigenvalue weighted by Gasteiger charge is -2.17. The molecule has 0 spiro atoms. The SMILES string of the molecule is Cc1ccc(Cl)c(Oc2nc3c(cc2C#N)CCCC3)c1. The molecule has 0 aliphatic heterocycles. The van der Waals surface area contributed by atoms with Crippen LogP contribution in [0.3, 0.4) is 0 Å². The van der Waals surface area contributed by atoms with Gasteiger partial charge in [0.2, 0.25) is 5.88 Å². The Bertz CT molecular complexity index is 734. The number of fused-ring (bicyclic) bond motifs is 1. The van der Waals surface area contributed by atoms with Crippen molar-refractivity contribution in [1.82, 2.24) is 4.98 Å². The lowest BCUT2D eigenvalue weighted by Crippen LogP contribution is -2.07. The smallest absolute Gasteiger partial charge is 0.237 e. The number of aromatic nitrogens is 1. The van der Waals surface area contributed by atoms with Crippen molar-refractivity contribution in [2.24, 2.45) is 0 Å². The first-order valence-corrected chi connectivity index (χ1v) is 7.42. The number of hydrogen-bond donors (Lipinski definition) is 0. The van der Waals surface area contributed by atoms with Crippen molar-refractivity contribution in [2.45, 2.75) is 32.6 Å². The van der Waals surface area contributed by atoms with Crippen molar-refractivity contribution in [1.29, 1.82) is 5.26 Å². The summed E-state index contributed by atoms with van der Waals surface area (Å²) < 4.78 is 5.81. The number of hydrogen-bond acceptors (Lipinski definition) is 3. The van der Waals surface area contributed by atoms with Crippen LogP contribution in [0.15, 0.2) is 24.3 Å². The first-order chi connectivity index (χ1) is 10.2. The van der Waals surface area contributed by atoms with Gasteiger partial charge in [0.1, 0.15) is 17.4 Å². The molecule has 2 aromatic rings. The monoisotopic (exact) mass is 298 g/mol. The highest BCUT2D eigenvalue weighted by Crippen LogP contribution is 2.32. The summed E-state index contributed by atoms with van der Waals surface area (Å²) in [5.41, 5.74) is 3.72. The summed E-state index contributed by atoms with van der Waals surface area (Å²) in [4.78, 5) is 4.55. The molecule has 0 fully saturated rings. The molecule has 1 aliphatic rings. The van der Waals surface area contributed by atoms with E-state index in [1.54, 1.807) is 6.07 Å². The van der Waals surface area contributed by atoms with E-state index in [2.05, 4.69) is 11.1 Å². The predicted octanol–water partition coefficient (Wildman–Crippen LogP) is 4.59. The minimum Gasteiger partial charge on any atom is -0.436 e. The van der Waals surface area contributed by atoms with Gasteiger partial charge >= 0.3 is 0 Å². The second-order valence-electron chi connectivity index (χ2n) is 5.30. The van der Waals surface area contributed by atoms with Gasteiger partial charge in [-0.15, -0.1) is 0 Å². The summed E-state index contributed by atoms with van der Waals surface area (Å²) in [6.45, 7) is 1.97. The molecular weight excluding hydrogens is 284 g/mol. The Morgan fingerprint density at radius 1 is 1.24 bits per heavy atom. The molecule has 3 nitrogen and oxygen atoms in total. The van der Waals surface area contributed by atoms with Gasteiger partial charge in [0.15, 0.2) is 0 Å². The van der Waals surface area contributed by atoms with Gasteiger partial charge in [-0.25, -0.2) is 4.98 Å². The average Bonchev–Trinajstić information content (AvgIpc) is 2.50. The van der Waals surface area contributed by atoms with Gasteiger partial charge in [-0.3, -0.25) is 0 Å². The number of nitriles is 1. The summed E-state index contributed by atoms with van der Waals surface area (Å²) in [6, 6.07) is 9.63. The van der Waals surface area contributed by atoms with Crippen molar-refractivity contribution < 1.29 is 4.74 Å². The zero-order valence-electron chi connectivity index (χ0n) is 11.8. The molecule has 0 radical (unpaired) electrons. The molecule has 3 rings (SSSR count). The molecule has 4 heteroatoms. The van der Waals surface area contributed by atoms with Gasteiger partial charge in [0, 0.05) is 5.69 Å². The fourth-order valence-electron chi connectivity index (χ4n) is 2.57. The molecule has 1 aromatic heterocycles. The molecule has 1 aliphatic carbocycles. The van der Waals surface area contributed by atoms with Gasteiger partial charge in [-0.05, 0) is 61.9 Å². The molecule has 1 heterocycles. The standard InChI is InChI=1S/C17H15ClN2O/c1-11-6-7-14(18)16(8-11)21-17-13(10-19)9-12-4-2-3-5-15(12)20-17/h6-9H,2-5H2,1H3. The third-order valence-electron chi connectivity index (χ3n) is 3.68. The molecule has 1 aromatic carbocycles. The Morgan fingerprint density at radius 3 is 2.86 bits per heavy atom. The number of nitrogens with zero attached hydrogens (tertiary/aromatic N) is 2. The molecule has 0 N–H and O–H groups in total. The highest BCUT2D eigenvalue weighted by Gasteiger charge is 2.17. The zero-order valence-corrected chi connectivity index (χ0v) is 12.6. The molecule has 0 atom stereocenters. The molecular formula is C17H15ClN2O. The van der Waals surface area contributed by atoms with E-state index in [4.69, 9.17) is 16.3 Å². The Labute approximate surface area is 129 Å². The molecule has 0 saturated heterocycles. The van der Waals surface area contributed by atoms with Gasteiger partial charge in [-0.2, -0.15) is 5.26 Å². The fraction of sp³-hybridized carbons (Fsp3) is 0.294. The summed E-state index contributed by atoms with van der Waals surface area (Å²) in [5, 5.41) is 9.84. The van der Waals surface area contributed by atoms with Crippen LogP contribution in [-0.4, -0.2) is 4.98 Å². The second-order valence-corrected chi connectivity index (χ2v) is 5.71. The van der Waals surface area contributed by atoms with E-state index in [0.717, 1.165) is 36.9 Å². The van der Waals surface area contributed by atoms with Crippen LogP contribution in [0, 0.1) is 18.3 Å². The Balaban J connectivity index is 2.02. The molecule has 21 heavy (non-hydrogen) atoms. The highest BCUT2D eigenvalue weighted by atomic mass is 35.5. The van der Waals surface area contributed by atoms with Crippen molar-refractivity contribution in [3.63, 3.8) is 0 Å². The quantitative estimate of drug-likeness (QED) is 0.815. The molecule has 0 bridgehead atoms. The van der Waals surface area contributed by atoms with E-state index in [1.807, 2.05) is 25.1 Å². The van der Waals surface area contributed by atoms with Crippen molar-refractivity contribution >= 4 is 11.6 Å². The Morgan fingerprint density at radius 2 is 2.05 bits per heavy atom. The highest BCUT2D eigenvalue weighted by molar-refractivity contribution is 6.32. The van der Waals surface area contributed by atoms with Crippen LogP contribution < -0.4 is 4.74 Å². The maximum absolute atomic E-state index is 9.32. The van der Waals surface area contributed by atoms with E-state index < -0.39 is 0 Å². The van der Waals surface area contributed by atoms with Crippen molar-refractivity contribution in [2.75, 3.05) is 0 Å². The first-order valence-electron chi connectivity index (χ1n) is 7.04. The zero-order chi connectivity index (χ0) is 14.8. The minimum atomic E-state index is 0.352. The number of benzene rings is 1. The topological polar surface area (TPSA) is 45.9 Å². The Hall–Kier alpha value is -2.05. The molecule has 106 valence electrons. The maximum atomic E-state index is 9.32. The van der Waals surface area contributed by atoms with Crippen molar-refractivity contribution in [3.05, 3.63) is 51.7 Å². The predicted molar refractivity (Wildman–Crippen MR) is 81.9 cm³/mol. The first kappa shape index (κ1) is 13.9. The van der Waals surface area contributed by atoms with Gasteiger partial charge in [-0.1, -0.05) is 17.7 Å². The van der Waals surface area contributed by atoms with Gasteiger partial charge in [0.25, 0.3) is 0 Å². The number of ether oxygens (including phenoxy) is 1. The van der Waals surface area contributed by atoms with Crippen molar-refractivity contribution in [3.8, 4) is 17.7 Å². The molecule has 0 amide bonds. The van der Waals surface area contributed by atoms with Gasteiger partial charge < -0.3 is 4.74 Å². The number of halogens is 1. The summed E-state index contributed by atoms with van der Waals surface area (Å²) in [6.07, 6.45) is 4.22. The lowest BCUT2D eigenvalue weighted by atomic mass is 9.95. The number of aryl methyl sites for hydroxylation is 3. The minimum absolute atomic E-state index is 0.352. The maximum Gasteiger partial charge on any atom is 0.237 e. The lowest BCUT2D eigenvalue weighted by molar-refractivity contribution is 0.456. The molecule has 0 unspecified atom stereocenters. The second kappa shape index (κ2) is 5.75. The third kappa shape index (κ3) is 2.86. The number of pyridine rings is 1. The van der Waals surface area contributed by atoms with E-state index in [1.165, 1.54) is 5.56 Å². The van der Waals surface area contributed by atoms with E-state index in [9.17, 15) is 5.26 Å². The van der Waals surface area contributed by atoms with E-state index >= 15 is 0 Å². The van der Waals surface area contributed by atoms with Crippen LogP contribution >= 0.6 is 11.6 Å². The average molecular weight is 299 g/mol. The van der Waals surface area contributed by atoms with Gasteiger partial charge in [0.05, 0.1) is 5.02 Å². The van der Waals surface area contributed by atoms with Crippen LogP contribution in [0.25, 0.3) is 0 Å². The van der Waals surface area contributed by atoms with Crippen LogP contribution in [0.1, 0.15) is 35.2 Å². The summed E-state index contributed by atoms with van der Waals surface area (Å²) in [7, 11) is 0.